The Hall–Kier alpha value is -2.86. The summed E-state index contributed by atoms with van der Waals surface area (Å²) in [6.45, 7) is 1.55. The molecule has 0 spiro atoms. The van der Waals surface area contributed by atoms with E-state index >= 15 is 0 Å². The molecule has 0 bridgehead atoms. The highest BCUT2D eigenvalue weighted by molar-refractivity contribution is 6.17. The van der Waals surface area contributed by atoms with Crippen LogP contribution in [0.15, 0.2) is 65.8 Å². The highest BCUT2D eigenvalue weighted by Crippen LogP contribution is 2.42. The number of amides is 1. The van der Waals surface area contributed by atoms with Gasteiger partial charge < -0.3 is 9.47 Å². The molecule has 1 heterocycles. The van der Waals surface area contributed by atoms with Gasteiger partial charge in [0.05, 0.1) is 12.3 Å². The fraction of sp³-hybridized carbons (Fsp3) is 0.286. The molecule has 7 heteroatoms. The second kappa shape index (κ2) is 8.89. The largest absolute Gasteiger partial charge is 0.509 e. The Kier molecular flexibility index (Phi) is 6.31. The van der Waals surface area contributed by atoms with Gasteiger partial charge in [0.15, 0.2) is 6.07 Å². The molecule has 1 amide bonds. The zero-order chi connectivity index (χ0) is 20.0. The molecule has 1 atom stereocenters. The molecule has 0 saturated carbocycles. The average molecular weight is 401 g/mol. The van der Waals surface area contributed by atoms with Crippen molar-refractivity contribution in [3.8, 4) is 0 Å². The highest BCUT2D eigenvalue weighted by atomic mass is 35.5. The first-order valence-corrected chi connectivity index (χ1v) is 9.45. The Morgan fingerprint density at radius 2 is 1.71 bits per heavy atom. The van der Waals surface area contributed by atoms with Gasteiger partial charge in [-0.1, -0.05) is 72.3 Å². The van der Waals surface area contributed by atoms with E-state index in [-0.39, 0.29) is 18.6 Å². The molecule has 1 aliphatic rings. The first kappa shape index (κ1) is 19.9. The monoisotopic (exact) mass is 400 g/mol. The lowest BCUT2D eigenvalue weighted by atomic mass is 9.81. The Labute approximate surface area is 168 Å². The molecule has 28 heavy (non-hydrogen) atoms. The SMILES string of the molecule is CC(=O)N1N=C(c2ccccc2)CC1(CCOC(=O)OCCl)c1ccccc1. The van der Waals surface area contributed by atoms with Crippen molar-refractivity contribution in [2.75, 3.05) is 12.7 Å². The summed E-state index contributed by atoms with van der Waals surface area (Å²) in [5.41, 5.74) is 1.94. The molecule has 0 radical (unpaired) electrons. The maximum atomic E-state index is 12.5. The summed E-state index contributed by atoms with van der Waals surface area (Å²) in [4.78, 5) is 24.0. The van der Waals surface area contributed by atoms with Crippen molar-refractivity contribution < 1.29 is 19.1 Å². The van der Waals surface area contributed by atoms with E-state index in [2.05, 4.69) is 9.84 Å². The van der Waals surface area contributed by atoms with Crippen molar-refractivity contribution in [1.29, 1.82) is 0 Å². The van der Waals surface area contributed by atoms with Crippen LogP contribution in [0.4, 0.5) is 4.79 Å². The van der Waals surface area contributed by atoms with E-state index in [1.807, 2.05) is 60.7 Å². The molecule has 1 aliphatic heterocycles. The molecule has 0 fully saturated rings. The van der Waals surface area contributed by atoms with Gasteiger partial charge in [0.25, 0.3) is 0 Å². The predicted octanol–water partition coefficient (Wildman–Crippen LogP) is 4.28. The van der Waals surface area contributed by atoms with Gasteiger partial charge in [-0.2, -0.15) is 5.10 Å². The van der Waals surface area contributed by atoms with Gasteiger partial charge in [0.2, 0.25) is 5.91 Å². The lowest BCUT2D eigenvalue weighted by Gasteiger charge is -2.36. The average Bonchev–Trinajstić information content (AvgIpc) is 3.11. The van der Waals surface area contributed by atoms with Crippen molar-refractivity contribution in [3.63, 3.8) is 0 Å². The van der Waals surface area contributed by atoms with Crippen LogP contribution in [0.25, 0.3) is 0 Å². The van der Waals surface area contributed by atoms with Crippen molar-refractivity contribution in [1.82, 2.24) is 5.01 Å². The summed E-state index contributed by atoms with van der Waals surface area (Å²) in [6, 6.07) is 19.1. The number of carbonyl (C=O) groups excluding carboxylic acids is 2. The van der Waals surface area contributed by atoms with E-state index in [1.54, 1.807) is 0 Å². The quantitative estimate of drug-likeness (QED) is 0.536. The number of rotatable bonds is 6. The van der Waals surface area contributed by atoms with Crippen LogP contribution in [0.5, 0.6) is 0 Å². The summed E-state index contributed by atoms with van der Waals surface area (Å²) in [7, 11) is 0. The number of hydrogen-bond donors (Lipinski definition) is 0. The summed E-state index contributed by atoms with van der Waals surface area (Å²) in [6.07, 6.45) is 0.0392. The molecular formula is C21H21ClN2O4. The van der Waals surface area contributed by atoms with Crippen molar-refractivity contribution in [2.24, 2.45) is 5.10 Å². The zero-order valence-corrected chi connectivity index (χ0v) is 16.3. The Morgan fingerprint density at radius 1 is 1.07 bits per heavy atom. The van der Waals surface area contributed by atoms with Crippen LogP contribution in [0.3, 0.4) is 0 Å². The lowest BCUT2D eigenvalue weighted by molar-refractivity contribution is -0.135. The Morgan fingerprint density at radius 3 is 2.32 bits per heavy atom. The van der Waals surface area contributed by atoms with Gasteiger partial charge in [0.1, 0.15) is 5.54 Å². The van der Waals surface area contributed by atoms with Crippen LogP contribution in [0.2, 0.25) is 0 Å². The number of benzene rings is 2. The Bertz CT molecular complexity index is 857. The molecule has 3 rings (SSSR count). The van der Waals surface area contributed by atoms with Gasteiger partial charge in [-0.15, -0.1) is 0 Å². The van der Waals surface area contributed by atoms with E-state index in [0.29, 0.717) is 12.8 Å². The summed E-state index contributed by atoms with van der Waals surface area (Å²) < 4.78 is 9.73. The number of halogens is 1. The number of hydrogen-bond acceptors (Lipinski definition) is 5. The first-order valence-electron chi connectivity index (χ1n) is 8.91. The topological polar surface area (TPSA) is 68.2 Å². The van der Waals surface area contributed by atoms with Crippen LogP contribution in [-0.4, -0.2) is 35.5 Å². The van der Waals surface area contributed by atoms with Crippen molar-refractivity contribution >= 4 is 29.4 Å². The van der Waals surface area contributed by atoms with E-state index in [4.69, 9.17) is 16.3 Å². The van der Waals surface area contributed by atoms with Gasteiger partial charge in [-0.05, 0) is 11.1 Å². The molecule has 0 N–H and O–H groups in total. The van der Waals surface area contributed by atoms with Crippen LogP contribution >= 0.6 is 11.6 Å². The molecule has 2 aromatic carbocycles. The normalized spacial score (nSPS) is 18.5. The van der Waals surface area contributed by atoms with Crippen LogP contribution in [0.1, 0.15) is 30.9 Å². The molecule has 0 aliphatic carbocycles. The summed E-state index contributed by atoms with van der Waals surface area (Å²) >= 11 is 5.38. The molecular weight excluding hydrogens is 380 g/mol. The predicted molar refractivity (Wildman–Crippen MR) is 106 cm³/mol. The Balaban J connectivity index is 1.93. The lowest BCUT2D eigenvalue weighted by Crippen LogP contribution is -2.43. The molecule has 146 valence electrons. The number of hydrazone groups is 1. The van der Waals surface area contributed by atoms with Gasteiger partial charge in [-0.3, -0.25) is 4.79 Å². The van der Waals surface area contributed by atoms with E-state index < -0.39 is 11.7 Å². The van der Waals surface area contributed by atoms with E-state index in [0.717, 1.165) is 16.8 Å². The highest BCUT2D eigenvalue weighted by Gasteiger charge is 2.46. The number of alkyl halides is 1. The van der Waals surface area contributed by atoms with E-state index in [9.17, 15) is 9.59 Å². The summed E-state index contributed by atoms with van der Waals surface area (Å²) in [5.74, 6) is -0.182. The minimum atomic E-state index is -0.838. The molecule has 0 aromatic heterocycles. The molecule has 2 aromatic rings. The summed E-state index contributed by atoms with van der Waals surface area (Å²) in [5, 5.41) is 6.13. The van der Waals surface area contributed by atoms with Gasteiger partial charge >= 0.3 is 6.16 Å². The third-order valence-corrected chi connectivity index (χ3v) is 4.82. The molecule has 1 unspecified atom stereocenters. The second-order valence-corrected chi connectivity index (χ2v) is 6.64. The number of nitrogens with zero attached hydrogens (tertiary/aromatic N) is 2. The van der Waals surface area contributed by atoms with Crippen LogP contribution in [0, 0.1) is 0 Å². The minimum absolute atomic E-state index is 0.0615. The fourth-order valence-electron chi connectivity index (χ4n) is 3.47. The first-order chi connectivity index (χ1) is 13.6. The molecule has 0 saturated heterocycles. The third-order valence-electron chi connectivity index (χ3n) is 4.71. The van der Waals surface area contributed by atoms with E-state index in [1.165, 1.54) is 11.9 Å². The van der Waals surface area contributed by atoms with Crippen molar-refractivity contribution in [2.45, 2.75) is 25.3 Å². The maximum absolute atomic E-state index is 12.5. The van der Waals surface area contributed by atoms with Gasteiger partial charge in [-0.25, -0.2) is 9.80 Å². The minimum Gasteiger partial charge on any atom is -0.434 e. The van der Waals surface area contributed by atoms with Gasteiger partial charge in [0, 0.05) is 19.8 Å². The number of carbonyl (C=O) groups is 2. The molecule has 6 nitrogen and oxygen atoms in total. The van der Waals surface area contributed by atoms with Crippen LogP contribution < -0.4 is 0 Å². The second-order valence-electron chi connectivity index (χ2n) is 6.42. The zero-order valence-electron chi connectivity index (χ0n) is 15.5. The fourth-order valence-corrected chi connectivity index (χ4v) is 3.56. The standard InChI is InChI=1S/C21H21ClN2O4/c1-16(25)24-21(18-10-6-3-7-11-18,12-13-27-20(26)28-15-22)14-19(23-24)17-8-4-2-5-9-17/h2-11H,12-15H2,1H3. The number of ether oxygens (including phenoxy) is 2. The third kappa shape index (κ3) is 4.17. The van der Waals surface area contributed by atoms with Crippen LogP contribution in [-0.2, 0) is 19.8 Å². The van der Waals surface area contributed by atoms with Crippen molar-refractivity contribution in [3.05, 3.63) is 71.8 Å². The smallest absolute Gasteiger partial charge is 0.434 e. The maximum Gasteiger partial charge on any atom is 0.509 e.